The maximum Gasteiger partial charge on any atom is 0.319 e. The zero-order chi connectivity index (χ0) is 13.1. The molecule has 3 rings (SSSR count). The van der Waals surface area contributed by atoms with Crippen LogP contribution in [0.2, 0.25) is 0 Å². The van der Waals surface area contributed by atoms with Crippen LogP contribution in [0.5, 0.6) is 0 Å². The third kappa shape index (κ3) is 2.61. The molecule has 3 N–H and O–H groups in total. The largest absolute Gasteiger partial charge is 0.359 e. The van der Waals surface area contributed by atoms with Gasteiger partial charge < -0.3 is 15.6 Å². The summed E-state index contributed by atoms with van der Waals surface area (Å²) >= 11 is 1.63. The van der Waals surface area contributed by atoms with Crippen molar-refractivity contribution in [1.29, 1.82) is 0 Å². The standard InChI is InChI=1S/C14H13N3OS/c18-14(16-8-10-4-3-7-19-10)17-13-9-15-12-6-2-1-5-11(12)13/h1-7,9,15H,8H2,(H2,16,17,18). The number of hydrogen-bond donors (Lipinski definition) is 3. The molecule has 2 amide bonds. The van der Waals surface area contributed by atoms with Gasteiger partial charge in [-0.3, -0.25) is 0 Å². The van der Waals surface area contributed by atoms with Crippen LogP contribution in [0.25, 0.3) is 10.9 Å². The predicted molar refractivity (Wildman–Crippen MR) is 78.5 cm³/mol. The van der Waals surface area contributed by atoms with Crippen molar-refractivity contribution in [2.75, 3.05) is 5.32 Å². The lowest BCUT2D eigenvalue weighted by atomic mass is 10.2. The fourth-order valence-electron chi connectivity index (χ4n) is 1.92. The van der Waals surface area contributed by atoms with Crippen LogP contribution in [0.3, 0.4) is 0 Å². The number of fused-ring (bicyclic) bond motifs is 1. The zero-order valence-corrected chi connectivity index (χ0v) is 11.0. The van der Waals surface area contributed by atoms with E-state index in [1.54, 1.807) is 17.5 Å². The molecule has 19 heavy (non-hydrogen) atoms. The van der Waals surface area contributed by atoms with E-state index in [1.165, 1.54) is 0 Å². The number of para-hydroxylation sites is 1. The van der Waals surface area contributed by atoms with Crippen LogP contribution in [0, 0.1) is 0 Å². The normalized spacial score (nSPS) is 10.5. The van der Waals surface area contributed by atoms with E-state index in [-0.39, 0.29) is 6.03 Å². The molecule has 0 spiro atoms. The van der Waals surface area contributed by atoms with E-state index in [1.807, 2.05) is 41.8 Å². The summed E-state index contributed by atoms with van der Waals surface area (Å²) in [5, 5.41) is 8.69. The van der Waals surface area contributed by atoms with Crippen LogP contribution < -0.4 is 10.6 Å². The summed E-state index contributed by atoms with van der Waals surface area (Å²) < 4.78 is 0. The minimum atomic E-state index is -0.196. The number of hydrogen-bond acceptors (Lipinski definition) is 2. The fraction of sp³-hybridized carbons (Fsp3) is 0.0714. The van der Waals surface area contributed by atoms with Gasteiger partial charge in [-0.25, -0.2) is 4.79 Å². The molecule has 4 nitrogen and oxygen atoms in total. The number of rotatable bonds is 3. The number of benzene rings is 1. The minimum absolute atomic E-state index is 0.196. The van der Waals surface area contributed by atoms with Crippen molar-refractivity contribution < 1.29 is 4.79 Å². The molecule has 0 saturated carbocycles. The number of carbonyl (C=O) groups is 1. The highest BCUT2D eigenvalue weighted by Gasteiger charge is 2.06. The maximum absolute atomic E-state index is 11.8. The lowest BCUT2D eigenvalue weighted by Crippen LogP contribution is -2.27. The Balaban J connectivity index is 1.66. The van der Waals surface area contributed by atoms with Crippen LogP contribution in [0.4, 0.5) is 10.5 Å². The Kier molecular flexibility index (Phi) is 3.20. The lowest BCUT2D eigenvalue weighted by Gasteiger charge is -2.05. The van der Waals surface area contributed by atoms with Crippen molar-refractivity contribution in [3.8, 4) is 0 Å². The first kappa shape index (κ1) is 11.8. The lowest BCUT2D eigenvalue weighted by molar-refractivity contribution is 0.252. The van der Waals surface area contributed by atoms with Gasteiger partial charge in [0.05, 0.1) is 12.2 Å². The molecule has 2 aromatic heterocycles. The molecule has 96 valence electrons. The predicted octanol–water partition coefficient (Wildman–Crippen LogP) is 3.55. The Hall–Kier alpha value is -2.27. The van der Waals surface area contributed by atoms with Crippen molar-refractivity contribution in [1.82, 2.24) is 10.3 Å². The Morgan fingerprint density at radius 3 is 2.95 bits per heavy atom. The first-order chi connectivity index (χ1) is 9.33. The first-order valence-corrected chi connectivity index (χ1v) is 6.84. The number of amides is 2. The van der Waals surface area contributed by atoms with Crippen LogP contribution in [-0.2, 0) is 6.54 Å². The molecule has 5 heteroatoms. The summed E-state index contributed by atoms with van der Waals surface area (Å²) in [5.74, 6) is 0. The molecule has 0 aliphatic heterocycles. The van der Waals surface area contributed by atoms with Gasteiger partial charge in [-0.1, -0.05) is 24.3 Å². The molecule has 0 aliphatic rings. The van der Waals surface area contributed by atoms with Crippen LogP contribution >= 0.6 is 11.3 Å². The van der Waals surface area contributed by atoms with Crippen LogP contribution in [0.15, 0.2) is 48.0 Å². The third-order valence-corrected chi connectivity index (χ3v) is 3.72. The molecule has 0 fully saturated rings. The summed E-state index contributed by atoms with van der Waals surface area (Å²) in [6.07, 6.45) is 1.80. The summed E-state index contributed by atoms with van der Waals surface area (Å²) in [6.45, 7) is 0.547. The summed E-state index contributed by atoms with van der Waals surface area (Å²) in [5.41, 5.74) is 1.80. The smallest absolute Gasteiger partial charge is 0.319 e. The average Bonchev–Trinajstić information content (AvgIpc) is 3.07. The van der Waals surface area contributed by atoms with Gasteiger partial charge in [0.1, 0.15) is 0 Å². The SMILES string of the molecule is O=C(NCc1cccs1)Nc1c[nH]c2ccccc12. The Morgan fingerprint density at radius 2 is 2.11 bits per heavy atom. The molecular weight excluding hydrogens is 258 g/mol. The number of anilines is 1. The Labute approximate surface area is 114 Å². The molecule has 0 atom stereocenters. The Morgan fingerprint density at radius 1 is 1.21 bits per heavy atom. The second kappa shape index (κ2) is 5.16. The van der Waals surface area contributed by atoms with Gasteiger partial charge in [0, 0.05) is 22.0 Å². The fourth-order valence-corrected chi connectivity index (χ4v) is 2.57. The number of aromatic nitrogens is 1. The van der Waals surface area contributed by atoms with E-state index < -0.39 is 0 Å². The van der Waals surface area contributed by atoms with Crippen LogP contribution in [-0.4, -0.2) is 11.0 Å². The second-order valence-corrected chi connectivity index (χ2v) is 5.17. The van der Waals surface area contributed by atoms with Gasteiger partial charge in [0.15, 0.2) is 0 Å². The molecule has 1 aromatic carbocycles. The minimum Gasteiger partial charge on any atom is -0.359 e. The highest BCUT2D eigenvalue weighted by molar-refractivity contribution is 7.09. The van der Waals surface area contributed by atoms with Gasteiger partial charge in [-0.05, 0) is 17.5 Å². The van der Waals surface area contributed by atoms with Crippen molar-refractivity contribution in [2.24, 2.45) is 0 Å². The van der Waals surface area contributed by atoms with Crippen molar-refractivity contribution in [3.05, 3.63) is 52.9 Å². The maximum atomic E-state index is 11.8. The molecule has 0 unspecified atom stereocenters. The van der Waals surface area contributed by atoms with Crippen molar-refractivity contribution in [3.63, 3.8) is 0 Å². The van der Waals surface area contributed by atoms with E-state index in [9.17, 15) is 4.79 Å². The molecule has 0 radical (unpaired) electrons. The molecular formula is C14H13N3OS. The van der Waals surface area contributed by atoms with Gasteiger partial charge in [-0.2, -0.15) is 0 Å². The molecule has 0 saturated heterocycles. The van der Waals surface area contributed by atoms with Gasteiger partial charge in [0.2, 0.25) is 0 Å². The highest BCUT2D eigenvalue weighted by atomic mass is 32.1. The van der Waals surface area contributed by atoms with E-state index in [0.717, 1.165) is 21.5 Å². The van der Waals surface area contributed by atoms with Crippen molar-refractivity contribution >= 4 is 34.0 Å². The van der Waals surface area contributed by atoms with Gasteiger partial charge >= 0.3 is 6.03 Å². The zero-order valence-electron chi connectivity index (χ0n) is 10.1. The first-order valence-electron chi connectivity index (χ1n) is 5.96. The molecule has 3 aromatic rings. The number of nitrogens with one attached hydrogen (secondary N) is 3. The number of aromatic amines is 1. The van der Waals surface area contributed by atoms with Gasteiger partial charge in [0.25, 0.3) is 0 Å². The summed E-state index contributed by atoms with van der Waals surface area (Å²) in [6, 6.07) is 11.6. The second-order valence-electron chi connectivity index (χ2n) is 4.13. The molecule has 0 aliphatic carbocycles. The number of urea groups is 1. The Bertz CT molecular complexity index is 688. The molecule has 2 heterocycles. The van der Waals surface area contributed by atoms with E-state index in [4.69, 9.17) is 0 Å². The average molecular weight is 271 g/mol. The van der Waals surface area contributed by atoms with Crippen LogP contribution in [0.1, 0.15) is 4.88 Å². The molecule has 0 bridgehead atoms. The van der Waals surface area contributed by atoms with E-state index >= 15 is 0 Å². The van der Waals surface area contributed by atoms with E-state index in [2.05, 4.69) is 15.6 Å². The topological polar surface area (TPSA) is 56.9 Å². The van der Waals surface area contributed by atoms with E-state index in [0.29, 0.717) is 6.54 Å². The summed E-state index contributed by atoms with van der Waals surface area (Å²) in [7, 11) is 0. The number of H-pyrrole nitrogens is 1. The highest BCUT2D eigenvalue weighted by Crippen LogP contribution is 2.22. The van der Waals surface area contributed by atoms with Crippen molar-refractivity contribution in [2.45, 2.75) is 6.54 Å². The quantitative estimate of drug-likeness (QED) is 0.670. The number of carbonyl (C=O) groups excluding carboxylic acids is 1. The van der Waals surface area contributed by atoms with Gasteiger partial charge in [-0.15, -0.1) is 11.3 Å². The summed E-state index contributed by atoms with van der Waals surface area (Å²) in [4.78, 5) is 16.1. The monoisotopic (exact) mass is 271 g/mol. The third-order valence-electron chi connectivity index (χ3n) is 2.84. The number of thiophene rings is 1.